The van der Waals surface area contributed by atoms with Crippen molar-refractivity contribution in [2.75, 3.05) is 7.11 Å². The first-order valence-corrected chi connectivity index (χ1v) is 13.7. The van der Waals surface area contributed by atoms with Crippen LogP contribution in [0.15, 0.2) is 47.6 Å². The summed E-state index contributed by atoms with van der Waals surface area (Å²) >= 11 is 0. The first-order valence-electron chi connectivity index (χ1n) is 13.7. The highest BCUT2D eigenvalue weighted by Crippen LogP contribution is 2.65. The fourth-order valence-electron chi connectivity index (χ4n) is 7.74. The number of ketones is 1. The van der Waals surface area contributed by atoms with Gasteiger partial charge in [-0.2, -0.15) is 0 Å². The average Bonchev–Trinajstić information content (AvgIpc) is 3.39. The van der Waals surface area contributed by atoms with Crippen LogP contribution in [0.4, 0.5) is 0 Å². The Morgan fingerprint density at radius 2 is 1.73 bits per heavy atom. The molecule has 3 aliphatic carbocycles. The summed E-state index contributed by atoms with van der Waals surface area (Å²) in [5, 5.41) is 10.0. The number of esters is 4. The highest BCUT2D eigenvalue weighted by atomic mass is 16.6. The number of rotatable bonds is 6. The number of carbonyl (C=O) groups excluding carboxylic acids is 5. The first-order chi connectivity index (χ1) is 19.0. The summed E-state index contributed by atoms with van der Waals surface area (Å²) in [5.41, 5.74) is -1.58. The molecular weight excluding hydrogens is 532 g/mol. The Balaban J connectivity index is 1.94. The fraction of sp³-hybridized carbons (Fsp3) is 0.581. The summed E-state index contributed by atoms with van der Waals surface area (Å²) in [7, 11) is 1.28. The zero-order valence-electron chi connectivity index (χ0n) is 24.5. The number of aliphatic hydroxyl groups excluding tert-OH is 1. The first kappa shape index (κ1) is 30.4. The second-order valence-corrected chi connectivity index (χ2v) is 12.3. The molecule has 10 heteroatoms. The number of cyclic esters (lactones) is 1. The van der Waals surface area contributed by atoms with E-state index in [1.807, 2.05) is 19.9 Å². The Labute approximate surface area is 239 Å². The van der Waals surface area contributed by atoms with Crippen LogP contribution in [-0.2, 0) is 42.9 Å². The minimum Gasteiger partial charge on any atom is -0.469 e. The Bertz CT molecular complexity index is 1300. The molecule has 222 valence electrons. The number of fused-ring (bicyclic) bond motifs is 1. The summed E-state index contributed by atoms with van der Waals surface area (Å²) in [4.78, 5) is 63.7. The Hall–Kier alpha value is -3.53. The van der Waals surface area contributed by atoms with Crippen LogP contribution in [0, 0.1) is 34.0 Å². The predicted octanol–water partition coefficient (Wildman–Crippen LogP) is 3.14. The normalized spacial score (nSPS) is 37.5. The van der Waals surface area contributed by atoms with Crippen molar-refractivity contribution in [3.05, 3.63) is 47.6 Å². The van der Waals surface area contributed by atoms with Crippen LogP contribution >= 0.6 is 0 Å². The molecule has 4 rings (SSSR count). The summed E-state index contributed by atoms with van der Waals surface area (Å²) in [6.07, 6.45) is 3.12. The molecule has 2 unspecified atom stereocenters. The number of ether oxygens (including phenoxy) is 4. The molecule has 0 bridgehead atoms. The van der Waals surface area contributed by atoms with Crippen LogP contribution in [0.3, 0.4) is 0 Å². The zero-order chi connectivity index (χ0) is 30.7. The van der Waals surface area contributed by atoms with E-state index >= 15 is 0 Å². The van der Waals surface area contributed by atoms with E-state index in [4.69, 9.17) is 18.9 Å². The Morgan fingerprint density at radius 1 is 1.10 bits per heavy atom. The maximum absolute atomic E-state index is 13.1. The van der Waals surface area contributed by atoms with Crippen molar-refractivity contribution in [1.29, 1.82) is 0 Å². The van der Waals surface area contributed by atoms with Crippen LogP contribution in [0.2, 0.25) is 0 Å². The van der Waals surface area contributed by atoms with Gasteiger partial charge in [0.2, 0.25) is 6.29 Å². The van der Waals surface area contributed by atoms with Gasteiger partial charge in [-0.1, -0.05) is 46.4 Å². The van der Waals surface area contributed by atoms with Crippen molar-refractivity contribution in [1.82, 2.24) is 0 Å². The van der Waals surface area contributed by atoms with Gasteiger partial charge in [-0.25, -0.2) is 4.79 Å². The lowest BCUT2D eigenvalue weighted by atomic mass is 9.47. The SMILES string of the molecule is C=C1C2=CC[C@@H](C3=CC(O)OC3=O)[C@]2(C)[C@@H](OC(C)=O)[C@H](OC(C)=O)C1[C@@]1(C)C=CC(=O)C(C)(C)[C@@H]1CC(=O)OC. The van der Waals surface area contributed by atoms with Gasteiger partial charge < -0.3 is 24.1 Å². The molecule has 10 nitrogen and oxygen atoms in total. The molecule has 0 aromatic carbocycles. The van der Waals surface area contributed by atoms with Crippen molar-refractivity contribution in [3.8, 4) is 0 Å². The predicted molar refractivity (Wildman–Crippen MR) is 144 cm³/mol. The van der Waals surface area contributed by atoms with Gasteiger partial charge >= 0.3 is 23.9 Å². The van der Waals surface area contributed by atoms with Crippen LogP contribution in [0.1, 0.15) is 54.4 Å². The second kappa shape index (κ2) is 10.4. The number of allylic oxidation sites excluding steroid dienone is 3. The van der Waals surface area contributed by atoms with Gasteiger partial charge in [0.15, 0.2) is 5.78 Å². The number of hydrogen-bond acceptors (Lipinski definition) is 10. The van der Waals surface area contributed by atoms with Crippen LogP contribution in [0.5, 0.6) is 0 Å². The van der Waals surface area contributed by atoms with E-state index in [9.17, 15) is 29.1 Å². The van der Waals surface area contributed by atoms with Gasteiger partial charge in [-0.15, -0.1) is 0 Å². The van der Waals surface area contributed by atoms with Gasteiger partial charge in [0.05, 0.1) is 13.5 Å². The molecule has 1 heterocycles. The van der Waals surface area contributed by atoms with Crippen molar-refractivity contribution < 1.29 is 48.0 Å². The number of methoxy groups -OCH3 is 1. The molecule has 0 aromatic heterocycles. The lowest BCUT2D eigenvalue weighted by Gasteiger charge is -2.58. The molecule has 0 amide bonds. The van der Waals surface area contributed by atoms with E-state index in [0.717, 1.165) is 0 Å². The molecule has 1 N–H and O–H groups in total. The van der Waals surface area contributed by atoms with Gasteiger partial charge in [0.1, 0.15) is 12.2 Å². The fourth-order valence-corrected chi connectivity index (χ4v) is 7.74. The molecule has 8 atom stereocenters. The van der Waals surface area contributed by atoms with Crippen LogP contribution in [-0.4, -0.2) is 60.4 Å². The summed E-state index contributed by atoms with van der Waals surface area (Å²) < 4.78 is 21.9. The number of hydrogen-bond donors (Lipinski definition) is 1. The minimum absolute atomic E-state index is 0.0968. The van der Waals surface area contributed by atoms with E-state index in [-0.39, 0.29) is 17.8 Å². The van der Waals surface area contributed by atoms with Gasteiger partial charge in [-0.3, -0.25) is 19.2 Å². The third-order valence-electron chi connectivity index (χ3n) is 9.68. The van der Waals surface area contributed by atoms with Crippen LogP contribution in [0.25, 0.3) is 0 Å². The Kier molecular flexibility index (Phi) is 7.71. The molecule has 1 fully saturated rings. The average molecular weight is 571 g/mol. The zero-order valence-corrected chi connectivity index (χ0v) is 24.5. The lowest BCUT2D eigenvalue weighted by Crippen LogP contribution is -2.62. The molecule has 0 aromatic rings. The molecule has 0 spiro atoms. The van der Waals surface area contributed by atoms with Crippen molar-refractivity contribution in [2.45, 2.75) is 72.9 Å². The van der Waals surface area contributed by atoms with Crippen molar-refractivity contribution >= 4 is 29.7 Å². The van der Waals surface area contributed by atoms with Gasteiger partial charge in [0.25, 0.3) is 0 Å². The summed E-state index contributed by atoms with van der Waals surface area (Å²) in [5.74, 6) is -4.54. The van der Waals surface area contributed by atoms with Crippen molar-refractivity contribution in [2.24, 2.45) is 34.0 Å². The maximum Gasteiger partial charge on any atom is 0.336 e. The van der Waals surface area contributed by atoms with Gasteiger partial charge in [0, 0.05) is 47.5 Å². The third-order valence-corrected chi connectivity index (χ3v) is 9.68. The maximum atomic E-state index is 13.1. The van der Waals surface area contributed by atoms with E-state index in [1.165, 1.54) is 33.1 Å². The molecule has 0 radical (unpaired) electrons. The quantitative estimate of drug-likeness (QED) is 0.374. The number of carbonyl (C=O) groups is 5. The molecule has 1 aliphatic heterocycles. The topological polar surface area (TPSA) is 142 Å². The van der Waals surface area contributed by atoms with Gasteiger partial charge in [-0.05, 0) is 35.6 Å². The standard InChI is InChI=1S/C31H38O10/c1-15-19-9-10-20(18-13-24(36)41-28(18)37)31(19,7)27(40-17(3)33)26(39-16(2)32)25(15)30(6)12-11-22(34)29(4,5)21(30)14-23(35)38-8/h9,11-13,20-21,24-27,36H,1,10,14H2,2-8H3/t20-,21-,24?,25?,26+,27-,30-,31+/m0/s1. The monoisotopic (exact) mass is 570 g/mol. The molecule has 0 saturated heterocycles. The molecule has 4 aliphatic rings. The lowest BCUT2D eigenvalue weighted by molar-refractivity contribution is -0.192. The molecular formula is C31H38O10. The molecule has 41 heavy (non-hydrogen) atoms. The third kappa shape index (κ3) is 4.75. The second-order valence-electron chi connectivity index (χ2n) is 12.3. The van der Waals surface area contributed by atoms with E-state index in [2.05, 4.69) is 6.58 Å². The number of aliphatic hydroxyl groups is 1. The van der Waals surface area contributed by atoms with E-state index < -0.39 is 76.4 Å². The highest BCUT2D eigenvalue weighted by molar-refractivity contribution is 5.96. The highest BCUT2D eigenvalue weighted by Gasteiger charge is 2.66. The van der Waals surface area contributed by atoms with Crippen molar-refractivity contribution in [3.63, 3.8) is 0 Å². The Morgan fingerprint density at radius 3 is 2.27 bits per heavy atom. The minimum atomic E-state index is -1.40. The van der Waals surface area contributed by atoms with Crippen LogP contribution < -0.4 is 0 Å². The van der Waals surface area contributed by atoms with E-state index in [1.54, 1.807) is 19.9 Å². The smallest absolute Gasteiger partial charge is 0.336 e. The summed E-state index contributed by atoms with van der Waals surface area (Å²) in [6, 6.07) is 0. The molecule has 1 saturated carbocycles. The largest absolute Gasteiger partial charge is 0.469 e. The summed E-state index contributed by atoms with van der Waals surface area (Å²) in [6.45, 7) is 14.2. The van der Waals surface area contributed by atoms with E-state index in [0.29, 0.717) is 17.6 Å².